The van der Waals surface area contributed by atoms with Crippen LogP contribution in [0.4, 0.5) is 0 Å². The van der Waals surface area contributed by atoms with E-state index in [0.717, 1.165) is 24.9 Å². The number of carbonyl (C=O) groups excluding carboxylic acids is 1. The number of nitrogens with two attached hydrogens (primary N) is 1. The Morgan fingerprint density at radius 1 is 1.14 bits per heavy atom. The van der Waals surface area contributed by atoms with Crippen molar-refractivity contribution in [2.45, 2.75) is 57.5 Å². The minimum absolute atomic E-state index is 0.121. The van der Waals surface area contributed by atoms with Crippen LogP contribution in [0.2, 0.25) is 0 Å². The molecular formula is C18H26N2O. The molecule has 3 unspecified atom stereocenters. The normalized spacial score (nSPS) is 27.0. The van der Waals surface area contributed by atoms with E-state index in [1.54, 1.807) is 0 Å². The highest BCUT2D eigenvalue weighted by molar-refractivity contribution is 5.83. The molecule has 1 aromatic carbocycles. The van der Waals surface area contributed by atoms with Gasteiger partial charge in [0.15, 0.2) is 0 Å². The molecule has 1 heterocycles. The van der Waals surface area contributed by atoms with Crippen LogP contribution in [-0.2, 0) is 4.79 Å². The van der Waals surface area contributed by atoms with Crippen LogP contribution in [0.1, 0.15) is 55.7 Å². The lowest BCUT2D eigenvalue weighted by molar-refractivity contribution is -0.139. The SMILES string of the molecule is Cc1ccc(C(N)C(=O)N2CCCC3CCCCC32)cc1. The Balaban J connectivity index is 1.75. The third-order valence-electron chi connectivity index (χ3n) is 5.23. The first-order valence-electron chi connectivity index (χ1n) is 8.29. The summed E-state index contributed by atoms with van der Waals surface area (Å²) in [7, 11) is 0. The lowest BCUT2D eigenvalue weighted by Gasteiger charge is -2.45. The van der Waals surface area contributed by atoms with Gasteiger partial charge in [0.1, 0.15) is 6.04 Å². The maximum Gasteiger partial charge on any atom is 0.244 e. The van der Waals surface area contributed by atoms with Crippen LogP contribution in [0.15, 0.2) is 24.3 Å². The second-order valence-corrected chi connectivity index (χ2v) is 6.67. The van der Waals surface area contributed by atoms with E-state index in [-0.39, 0.29) is 5.91 Å². The van der Waals surface area contributed by atoms with Crippen LogP contribution in [0.5, 0.6) is 0 Å². The molecule has 0 spiro atoms. The first-order valence-corrected chi connectivity index (χ1v) is 8.29. The maximum absolute atomic E-state index is 12.8. The van der Waals surface area contributed by atoms with Crippen LogP contribution in [-0.4, -0.2) is 23.4 Å². The number of carbonyl (C=O) groups is 1. The molecule has 1 amide bonds. The van der Waals surface area contributed by atoms with Gasteiger partial charge < -0.3 is 10.6 Å². The maximum atomic E-state index is 12.8. The van der Waals surface area contributed by atoms with Crippen molar-refractivity contribution in [2.24, 2.45) is 11.7 Å². The summed E-state index contributed by atoms with van der Waals surface area (Å²) in [6, 6.07) is 7.97. The molecule has 114 valence electrons. The van der Waals surface area contributed by atoms with E-state index in [4.69, 9.17) is 5.73 Å². The highest BCUT2D eigenvalue weighted by atomic mass is 16.2. The molecule has 3 atom stereocenters. The summed E-state index contributed by atoms with van der Waals surface area (Å²) in [6.45, 7) is 2.94. The van der Waals surface area contributed by atoms with Gasteiger partial charge in [0.05, 0.1) is 0 Å². The summed E-state index contributed by atoms with van der Waals surface area (Å²) in [5.41, 5.74) is 8.38. The second kappa shape index (κ2) is 6.18. The van der Waals surface area contributed by atoms with Gasteiger partial charge in [0.25, 0.3) is 0 Å². The van der Waals surface area contributed by atoms with Gasteiger partial charge in [-0.3, -0.25) is 4.79 Å². The molecule has 2 N–H and O–H groups in total. The van der Waals surface area contributed by atoms with Crippen molar-refractivity contribution in [1.82, 2.24) is 4.90 Å². The Hall–Kier alpha value is -1.35. The van der Waals surface area contributed by atoms with Gasteiger partial charge in [0.2, 0.25) is 5.91 Å². The molecule has 1 saturated carbocycles. The van der Waals surface area contributed by atoms with Crippen molar-refractivity contribution in [2.75, 3.05) is 6.54 Å². The van der Waals surface area contributed by atoms with Gasteiger partial charge >= 0.3 is 0 Å². The second-order valence-electron chi connectivity index (χ2n) is 6.67. The lowest BCUT2D eigenvalue weighted by atomic mass is 9.78. The highest BCUT2D eigenvalue weighted by Gasteiger charge is 2.37. The first kappa shape index (κ1) is 14.6. The summed E-state index contributed by atoms with van der Waals surface area (Å²) < 4.78 is 0. The van der Waals surface area contributed by atoms with Crippen LogP contribution in [0.3, 0.4) is 0 Å². The molecule has 0 radical (unpaired) electrons. The van der Waals surface area contributed by atoms with Crippen molar-refractivity contribution < 1.29 is 4.79 Å². The van der Waals surface area contributed by atoms with Crippen LogP contribution in [0.25, 0.3) is 0 Å². The van der Waals surface area contributed by atoms with E-state index in [1.165, 1.54) is 31.2 Å². The number of fused-ring (bicyclic) bond motifs is 1. The Labute approximate surface area is 127 Å². The fraction of sp³-hybridized carbons (Fsp3) is 0.611. The van der Waals surface area contributed by atoms with Gasteiger partial charge in [-0.1, -0.05) is 42.7 Å². The third kappa shape index (κ3) is 2.98. The summed E-state index contributed by atoms with van der Waals surface area (Å²) in [6.07, 6.45) is 7.45. The van der Waals surface area contributed by atoms with Gasteiger partial charge in [-0.15, -0.1) is 0 Å². The largest absolute Gasteiger partial charge is 0.338 e. The predicted molar refractivity (Wildman–Crippen MR) is 84.8 cm³/mol. The van der Waals surface area contributed by atoms with E-state index >= 15 is 0 Å². The molecule has 3 nitrogen and oxygen atoms in total. The van der Waals surface area contributed by atoms with Crippen molar-refractivity contribution in [3.63, 3.8) is 0 Å². The molecule has 1 aliphatic heterocycles. The zero-order valence-corrected chi connectivity index (χ0v) is 12.9. The van der Waals surface area contributed by atoms with Crippen LogP contribution >= 0.6 is 0 Å². The predicted octanol–water partition coefficient (Wildman–Crippen LogP) is 3.18. The first-order chi connectivity index (χ1) is 10.2. The molecule has 2 fully saturated rings. The molecule has 3 heteroatoms. The van der Waals surface area contributed by atoms with Gasteiger partial charge in [-0.2, -0.15) is 0 Å². The number of piperidine rings is 1. The quantitative estimate of drug-likeness (QED) is 0.907. The zero-order chi connectivity index (χ0) is 14.8. The summed E-state index contributed by atoms with van der Waals surface area (Å²) in [5.74, 6) is 0.831. The van der Waals surface area contributed by atoms with Crippen molar-refractivity contribution in [3.8, 4) is 0 Å². The van der Waals surface area contributed by atoms with E-state index < -0.39 is 6.04 Å². The molecule has 0 aromatic heterocycles. The van der Waals surface area contributed by atoms with Gasteiger partial charge in [-0.05, 0) is 44.1 Å². The average Bonchev–Trinajstić information content (AvgIpc) is 2.53. The van der Waals surface area contributed by atoms with Crippen LogP contribution < -0.4 is 5.73 Å². The van der Waals surface area contributed by atoms with E-state index in [9.17, 15) is 4.79 Å². The topological polar surface area (TPSA) is 46.3 Å². The zero-order valence-electron chi connectivity index (χ0n) is 12.9. The molecule has 1 aliphatic carbocycles. The minimum atomic E-state index is -0.508. The summed E-state index contributed by atoms with van der Waals surface area (Å²) in [5, 5.41) is 0. The summed E-state index contributed by atoms with van der Waals surface area (Å²) in [4.78, 5) is 14.9. The number of nitrogens with zero attached hydrogens (tertiary/aromatic N) is 1. The fourth-order valence-corrected chi connectivity index (χ4v) is 3.99. The number of aryl methyl sites for hydroxylation is 1. The number of amides is 1. The van der Waals surface area contributed by atoms with E-state index in [2.05, 4.69) is 4.90 Å². The van der Waals surface area contributed by atoms with E-state index in [1.807, 2.05) is 31.2 Å². The third-order valence-corrected chi connectivity index (χ3v) is 5.23. The number of rotatable bonds is 2. The minimum Gasteiger partial charge on any atom is -0.338 e. The molecule has 2 aliphatic rings. The lowest BCUT2D eigenvalue weighted by Crippen LogP contribution is -2.52. The Kier molecular flexibility index (Phi) is 4.29. The van der Waals surface area contributed by atoms with E-state index in [0.29, 0.717) is 12.0 Å². The molecule has 1 aromatic rings. The smallest absolute Gasteiger partial charge is 0.244 e. The molecule has 1 saturated heterocycles. The molecule has 21 heavy (non-hydrogen) atoms. The van der Waals surface area contributed by atoms with Gasteiger partial charge in [-0.25, -0.2) is 0 Å². The molecular weight excluding hydrogens is 260 g/mol. The Morgan fingerprint density at radius 2 is 1.81 bits per heavy atom. The highest BCUT2D eigenvalue weighted by Crippen LogP contribution is 2.36. The molecule has 0 bridgehead atoms. The number of hydrogen-bond donors (Lipinski definition) is 1. The Bertz CT molecular complexity index is 494. The van der Waals surface area contributed by atoms with Crippen molar-refractivity contribution in [3.05, 3.63) is 35.4 Å². The Morgan fingerprint density at radius 3 is 2.57 bits per heavy atom. The number of hydrogen-bond acceptors (Lipinski definition) is 2. The van der Waals surface area contributed by atoms with Crippen LogP contribution in [0, 0.1) is 12.8 Å². The van der Waals surface area contributed by atoms with Gasteiger partial charge in [0, 0.05) is 12.6 Å². The van der Waals surface area contributed by atoms with Crippen molar-refractivity contribution >= 4 is 5.91 Å². The monoisotopic (exact) mass is 286 g/mol. The molecule has 3 rings (SSSR count). The summed E-state index contributed by atoms with van der Waals surface area (Å²) >= 11 is 0. The standard InChI is InChI=1S/C18H26N2O/c1-13-8-10-15(11-9-13)17(19)18(21)20-12-4-6-14-5-2-3-7-16(14)20/h8-11,14,16-17H,2-7,12,19H2,1H3. The number of benzene rings is 1. The number of likely N-dealkylation sites (tertiary alicyclic amines) is 1. The van der Waals surface area contributed by atoms with Crippen molar-refractivity contribution in [1.29, 1.82) is 0 Å². The average molecular weight is 286 g/mol. The fourth-order valence-electron chi connectivity index (χ4n) is 3.99.